The zero-order valence-electron chi connectivity index (χ0n) is 15.5. The second-order valence-electron chi connectivity index (χ2n) is 6.43. The van der Waals surface area contributed by atoms with Crippen LogP contribution in [0.3, 0.4) is 0 Å². The summed E-state index contributed by atoms with van der Waals surface area (Å²) in [6.07, 6.45) is 1.37. The van der Waals surface area contributed by atoms with Crippen LogP contribution in [0.4, 0.5) is 10.5 Å². The van der Waals surface area contributed by atoms with Crippen molar-refractivity contribution in [1.82, 2.24) is 9.80 Å². The fourth-order valence-corrected chi connectivity index (χ4v) is 3.50. The molecule has 1 aromatic rings. The van der Waals surface area contributed by atoms with E-state index in [0.29, 0.717) is 55.0 Å². The molecule has 1 N–H and O–H groups in total. The Morgan fingerprint density at radius 1 is 1.11 bits per heavy atom. The number of anilines is 1. The molecule has 1 aromatic carbocycles. The lowest BCUT2D eigenvalue weighted by Gasteiger charge is -2.35. The summed E-state index contributed by atoms with van der Waals surface area (Å²) >= 11 is 6.14. The Labute approximate surface area is 163 Å². The van der Waals surface area contributed by atoms with Gasteiger partial charge in [-0.05, 0) is 18.9 Å². The van der Waals surface area contributed by atoms with E-state index in [0.717, 1.165) is 12.8 Å². The predicted molar refractivity (Wildman–Crippen MR) is 101 cm³/mol. The topological polar surface area (TPSA) is 80.3 Å². The van der Waals surface area contributed by atoms with Crippen molar-refractivity contribution in [3.8, 4) is 11.5 Å². The van der Waals surface area contributed by atoms with E-state index in [-0.39, 0.29) is 18.0 Å². The Bertz CT molecular complexity index is 700. The fraction of sp³-hybridized carbons (Fsp3) is 0.556. The van der Waals surface area contributed by atoms with Crippen molar-refractivity contribution in [2.24, 2.45) is 0 Å². The van der Waals surface area contributed by atoms with Gasteiger partial charge in [0.2, 0.25) is 0 Å². The molecule has 2 saturated heterocycles. The number of piperazine rings is 1. The summed E-state index contributed by atoms with van der Waals surface area (Å²) in [5.74, 6) is 0.945. The van der Waals surface area contributed by atoms with Gasteiger partial charge >= 0.3 is 6.03 Å². The molecule has 2 aliphatic heterocycles. The minimum absolute atomic E-state index is 0.0242. The summed E-state index contributed by atoms with van der Waals surface area (Å²) in [6, 6.07) is 2.95. The Balaban J connectivity index is 1.58. The average molecular weight is 398 g/mol. The summed E-state index contributed by atoms with van der Waals surface area (Å²) in [4.78, 5) is 28.4. The SMILES string of the molecule is COc1cc(OC)c(NC(=O)N2CCN(C(=O)C3CCCO3)CC2)cc1Cl. The van der Waals surface area contributed by atoms with Crippen molar-refractivity contribution >= 4 is 29.2 Å². The summed E-state index contributed by atoms with van der Waals surface area (Å²) in [7, 11) is 3.02. The highest BCUT2D eigenvalue weighted by atomic mass is 35.5. The number of methoxy groups -OCH3 is 2. The van der Waals surface area contributed by atoms with Gasteiger partial charge in [0, 0.05) is 38.9 Å². The van der Waals surface area contributed by atoms with Crippen molar-refractivity contribution < 1.29 is 23.8 Å². The van der Waals surface area contributed by atoms with Gasteiger partial charge in [-0.15, -0.1) is 0 Å². The molecule has 2 heterocycles. The number of amides is 3. The van der Waals surface area contributed by atoms with Gasteiger partial charge in [-0.25, -0.2) is 4.79 Å². The minimum atomic E-state index is -0.323. The minimum Gasteiger partial charge on any atom is -0.495 e. The van der Waals surface area contributed by atoms with Gasteiger partial charge in [0.15, 0.2) is 0 Å². The van der Waals surface area contributed by atoms with E-state index in [2.05, 4.69) is 5.32 Å². The largest absolute Gasteiger partial charge is 0.495 e. The molecule has 3 rings (SSSR count). The maximum absolute atomic E-state index is 12.6. The highest BCUT2D eigenvalue weighted by molar-refractivity contribution is 6.32. The number of rotatable bonds is 4. The van der Waals surface area contributed by atoms with Crippen LogP contribution in [0, 0.1) is 0 Å². The first-order valence-electron chi connectivity index (χ1n) is 8.91. The van der Waals surface area contributed by atoms with E-state index < -0.39 is 0 Å². The van der Waals surface area contributed by atoms with E-state index >= 15 is 0 Å². The molecule has 1 atom stereocenters. The second kappa shape index (κ2) is 8.67. The van der Waals surface area contributed by atoms with Crippen LogP contribution in [-0.4, -0.2) is 74.8 Å². The van der Waals surface area contributed by atoms with E-state index in [4.69, 9.17) is 25.8 Å². The number of carbonyl (C=O) groups excluding carboxylic acids is 2. The van der Waals surface area contributed by atoms with Gasteiger partial charge in [-0.2, -0.15) is 0 Å². The van der Waals surface area contributed by atoms with Crippen molar-refractivity contribution in [3.05, 3.63) is 17.2 Å². The van der Waals surface area contributed by atoms with E-state index in [1.165, 1.54) is 14.2 Å². The summed E-state index contributed by atoms with van der Waals surface area (Å²) < 4.78 is 15.9. The lowest BCUT2D eigenvalue weighted by molar-refractivity contribution is -0.142. The first kappa shape index (κ1) is 19.6. The van der Waals surface area contributed by atoms with Crippen LogP contribution in [-0.2, 0) is 9.53 Å². The van der Waals surface area contributed by atoms with Gasteiger partial charge in [-0.1, -0.05) is 11.6 Å². The first-order valence-corrected chi connectivity index (χ1v) is 9.29. The Kier molecular flexibility index (Phi) is 6.28. The van der Waals surface area contributed by atoms with E-state index in [1.54, 1.807) is 21.9 Å². The molecule has 2 aliphatic rings. The maximum Gasteiger partial charge on any atom is 0.322 e. The molecule has 9 heteroatoms. The Hall–Kier alpha value is -2.19. The molecule has 0 aromatic heterocycles. The third-order valence-corrected chi connectivity index (χ3v) is 5.09. The number of nitrogens with zero attached hydrogens (tertiary/aromatic N) is 2. The number of hydrogen-bond acceptors (Lipinski definition) is 5. The standard InChI is InChI=1S/C18H24ClN3O5/c1-25-15-11-16(26-2)13(10-12(15)19)20-18(24)22-7-5-21(6-8-22)17(23)14-4-3-9-27-14/h10-11,14H,3-9H2,1-2H3,(H,20,24). The number of ether oxygens (including phenoxy) is 3. The first-order chi connectivity index (χ1) is 13.0. The normalized spacial score (nSPS) is 19.7. The van der Waals surface area contributed by atoms with E-state index in [9.17, 15) is 9.59 Å². The van der Waals surface area contributed by atoms with Crippen molar-refractivity contribution in [2.45, 2.75) is 18.9 Å². The van der Waals surface area contributed by atoms with Gasteiger partial charge < -0.3 is 29.3 Å². The molecule has 8 nitrogen and oxygen atoms in total. The number of carbonyl (C=O) groups is 2. The summed E-state index contributed by atoms with van der Waals surface area (Å²) in [5.41, 5.74) is 0.464. The van der Waals surface area contributed by atoms with Crippen molar-refractivity contribution in [3.63, 3.8) is 0 Å². The predicted octanol–water partition coefficient (Wildman–Crippen LogP) is 2.21. The number of benzene rings is 1. The number of halogens is 1. The van der Waals surface area contributed by atoms with Crippen LogP contribution in [0.15, 0.2) is 12.1 Å². The molecule has 0 bridgehead atoms. The zero-order valence-corrected chi connectivity index (χ0v) is 16.3. The van der Waals surface area contributed by atoms with Crippen LogP contribution in [0.2, 0.25) is 5.02 Å². The highest BCUT2D eigenvalue weighted by Crippen LogP contribution is 2.36. The average Bonchev–Trinajstić information content (AvgIpc) is 3.22. The Morgan fingerprint density at radius 3 is 2.37 bits per heavy atom. The zero-order chi connectivity index (χ0) is 19.4. The Morgan fingerprint density at radius 2 is 1.78 bits per heavy atom. The molecule has 2 fully saturated rings. The lowest BCUT2D eigenvalue weighted by Crippen LogP contribution is -2.53. The summed E-state index contributed by atoms with van der Waals surface area (Å²) in [5, 5.41) is 3.19. The third-order valence-electron chi connectivity index (χ3n) is 4.80. The molecular weight excluding hydrogens is 374 g/mol. The summed E-state index contributed by atoms with van der Waals surface area (Å²) in [6.45, 7) is 2.54. The van der Waals surface area contributed by atoms with Gasteiger partial charge in [0.25, 0.3) is 5.91 Å². The molecular formula is C18H24ClN3O5. The molecule has 27 heavy (non-hydrogen) atoms. The molecule has 0 radical (unpaired) electrons. The quantitative estimate of drug-likeness (QED) is 0.842. The second-order valence-corrected chi connectivity index (χ2v) is 6.84. The number of nitrogens with one attached hydrogen (secondary N) is 1. The monoisotopic (exact) mass is 397 g/mol. The van der Waals surface area contributed by atoms with Crippen LogP contribution in [0.1, 0.15) is 12.8 Å². The highest BCUT2D eigenvalue weighted by Gasteiger charge is 2.31. The molecule has 0 spiro atoms. The third kappa shape index (κ3) is 4.39. The van der Waals surface area contributed by atoms with Gasteiger partial charge in [-0.3, -0.25) is 4.79 Å². The van der Waals surface area contributed by atoms with Gasteiger partial charge in [0.1, 0.15) is 17.6 Å². The van der Waals surface area contributed by atoms with Crippen molar-refractivity contribution in [2.75, 3.05) is 52.3 Å². The van der Waals surface area contributed by atoms with Crippen LogP contribution < -0.4 is 14.8 Å². The fourth-order valence-electron chi connectivity index (χ4n) is 3.26. The molecule has 1 unspecified atom stereocenters. The molecule has 148 valence electrons. The number of urea groups is 1. The van der Waals surface area contributed by atoms with E-state index in [1.807, 2.05) is 0 Å². The van der Waals surface area contributed by atoms with Gasteiger partial charge in [0.05, 0.1) is 24.9 Å². The lowest BCUT2D eigenvalue weighted by atomic mass is 10.2. The molecule has 0 aliphatic carbocycles. The molecule has 0 saturated carbocycles. The maximum atomic E-state index is 12.6. The van der Waals surface area contributed by atoms with Crippen LogP contribution in [0.25, 0.3) is 0 Å². The van der Waals surface area contributed by atoms with Crippen LogP contribution >= 0.6 is 11.6 Å². The number of hydrogen-bond donors (Lipinski definition) is 1. The smallest absolute Gasteiger partial charge is 0.322 e. The van der Waals surface area contributed by atoms with Crippen molar-refractivity contribution in [1.29, 1.82) is 0 Å². The molecule has 3 amide bonds. The van der Waals surface area contributed by atoms with Crippen LogP contribution in [0.5, 0.6) is 11.5 Å².